The van der Waals surface area contributed by atoms with Crippen molar-refractivity contribution in [1.29, 1.82) is 5.26 Å². The van der Waals surface area contributed by atoms with E-state index in [0.29, 0.717) is 31.1 Å². The van der Waals surface area contributed by atoms with E-state index in [0.717, 1.165) is 18.4 Å². The third kappa shape index (κ3) is 4.95. The van der Waals surface area contributed by atoms with Gasteiger partial charge in [-0.15, -0.1) is 0 Å². The third-order valence-electron chi connectivity index (χ3n) is 4.56. The van der Waals surface area contributed by atoms with Gasteiger partial charge in [0.2, 0.25) is 0 Å². The molecule has 1 aromatic rings. The molecule has 144 valence electrons. The molecular weight excluding hydrogens is 332 g/mol. The Kier molecular flexibility index (Phi) is 7.42. The number of rotatable bonds is 9. The molecule has 6 heteroatoms. The molecule has 2 atom stereocenters. The smallest absolute Gasteiger partial charge is 0.157 e. The molecule has 2 N–H and O–H groups in total. The van der Waals surface area contributed by atoms with E-state index in [-0.39, 0.29) is 12.3 Å². The minimum absolute atomic E-state index is 0.194. The number of benzene rings is 1. The fraction of sp³-hybridized carbons (Fsp3) is 0.650. The van der Waals surface area contributed by atoms with Crippen LogP contribution in [0.5, 0.6) is 5.75 Å². The number of nitriles is 1. The first-order valence-corrected chi connectivity index (χ1v) is 9.30. The van der Waals surface area contributed by atoms with Crippen LogP contribution >= 0.6 is 0 Å². The van der Waals surface area contributed by atoms with Crippen LogP contribution in [-0.4, -0.2) is 42.9 Å². The van der Waals surface area contributed by atoms with Gasteiger partial charge in [0.1, 0.15) is 17.5 Å². The van der Waals surface area contributed by atoms with E-state index < -0.39 is 11.7 Å². The highest BCUT2D eigenvalue weighted by molar-refractivity contribution is 5.46. The van der Waals surface area contributed by atoms with Gasteiger partial charge in [-0.2, -0.15) is 5.26 Å². The highest BCUT2D eigenvalue weighted by Gasteiger charge is 2.42. The van der Waals surface area contributed by atoms with Crippen LogP contribution in [0.25, 0.3) is 0 Å². The maximum atomic E-state index is 10.8. The standard InChI is InChI=1S/C20H30N2O4/c1-5-24-17(25-6-2)8-7-11-22-18-15-12-14(13-21)9-10-16(15)26-20(3,4)19(18)23/h9-10,12,17-19,22-23H,5-8,11H2,1-4H3. The minimum atomic E-state index is -0.724. The first-order chi connectivity index (χ1) is 12.4. The molecule has 0 saturated carbocycles. The monoisotopic (exact) mass is 362 g/mol. The molecule has 1 heterocycles. The van der Waals surface area contributed by atoms with Gasteiger partial charge in [-0.05, 0) is 65.3 Å². The summed E-state index contributed by atoms with van der Waals surface area (Å²) in [6.07, 6.45) is 0.712. The summed E-state index contributed by atoms with van der Waals surface area (Å²) in [5, 5.41) is 23.4. The molecule has 1 aromatic carbocycles. The van der Waals surface area contributed by atoms with Gasteiger partial charge in [-0.1, -0.05) is 0 Å². The molecule has 0 saturated heterocycles. The average molecular weight is 362 g/mol. The Hall–Kier alpha value is -1.65. The Labute approximate surface area is 156 Å². The molecule has 2 rings (SSSR count). The molecule has 1 aliphatic heterocycles. The average Bonchev–Trinajstić information content (AvgIpc) is 2.61. The highest BCUT2D eigenvalue weighted by Crippen LogP contribution is 2.40. The van der Waals surface area contributed by atoms with Gasteiger partial charge in [0, 0.05) is 18.8 Å². The van der Waals surface area contributed by atoms with Gasteiger partial charge in [0.05, 0.1) is 17.7 Å². The van der Waals surface area contributed by atoms with Gasteiger partial charge >= 0.3 is 0 Å². The highest BCUT2D eigenvalue weighted by atomic mass is 16.7. The molecule has 0 aliphatic carbocycles. The predicted octanol–water partition coefficient (Wildman–Crippen LogP) is 2.90. The van der Waals surface area contributed by atoms with Gasteiger partial charge < -0.3 is 24.6 Å². The molecule has 26 heavy (non-hydrogen) atoms. The predicted molar refractivity (Wildman–Crippen MR) is 98.9 cm³/mol. The Balaban J connectivity index is 2.04. The van der Waals surface area contributed by atoms with E-state index in [1.807, 2.05) is 27.7 Å². The van der Waals surface area contributed by atoms with Crippen molar-refractivity contribution in [3.05, 3.63) is 29.3 Å². The van der Waals surface area contributed by atoms with E-state index in [9.17, 15) is 5.11 Å². The van der Waals surface area contributed by atoms with Crippen molar-refractivity contribution >= 4 is 0 Å². The fourth-order valence-electron chi connectivity index (χ4n) is 3.20. The summed E-state index contributed by atoms with van der Waals surface area (Å²) < 4.78 is 17.0. The van der Waals surface area contributed by atoms with Crippen LogP contribution in [0, 0.1) is 11.3 Å². The molecule has 6 nitrogen and oxygen atoms in total. The quantitative estimate of drug-likeness (QED) is 0.519. The number of aliphatic hydroxyl groups excluding tert-OH is 1. The van der Waals surface area contributed by atoms with Crippen LogP contribution in [0.2, 0.25) is 0 Å². The lowest BCUT2D eigenvalue weighted by Crippen LogP contribution is -2.52. The van der Waals surface area contributed by atoms with Crippen LogP contribution in [0.3, 0.4) is 0 Å². The second-order valence-corrected chi connectivity index (χ2v) is 6.93. The Bertz CT molecular complexity index is 621. The lowest BCUT2D eigenvalue weighted by atomic mass is 9.86. The van der Waals surface area contributed by atoms with E-state index >= 15 is 0 Å². The van der Waals surface area contributed by atoms with Gasteiger partial charge in [0.25, 0.3) is 0 Å². The number of nitrogens with zero attached hydrogens (tertiary/aromatic N) is 1. The van der Waals surface area contributed by atoms with Crippen molar-refractivity contribution in [1.82, 2.24) is 5.32 Å². The molecule has 0 radical (unpaired) electrons. The first kappa shape index (κ1) is 20.7. The maximum Gasteiger partial charge on any atom is 0.157 e. The second kappa shape index (κ2) is 9.33. The van der Waals surface area contributed by atoms with Crippen LogP contribution < -0.4 is 10.1 Å². The summed E-state index contributed by atoms with van der Waals surface area (Å²) in [5.74, 6) is 0.707. The summed E-state index contributed by atoms with van der Waals surface area (Å²) in [4.78, 5) is 0. The molecule has 0 aromatic heterocycles. The van der Waals surface area contributed by atoms with E-state index in [2.05, 4.69) is 11.4 Å². The Morgan fingerprint density at radius 2 is 2.00 bits per heavy atom. The van der Waals surface area contributed by atoms with Gasteiger partial charge in [-0.25, -0.2) is 0 Å². The molecule has 0 amide bonds. The topological polar surface area (TPSA) is 83.7 Å². The van der Waals surface area contributed by atoms with Crippen LogP contribution in [0.1, 0.15) is 57.7 Å². The molecule has 0 spiro atoms. The number of ether oxygens (including phenoxy) is 3. The van der Waals surface area contributed by atoms with E-state index in [1.54, 1.807) is 18.2 Å². The normalized spacial score (nSPS) is 21.1. The maximum absolute atomic E-state index is 10.8. The molecule has 0 fully saturated rings. The Morgan fingerprint density at radius 3 is 2.62 bits per heavy atom. The van der Waals surface area contributed by atoms with Crippen molar-refractivity contribution in [3.8, 4) is 11.8 Å². The van der Waals surface area contributed by atoms with E-state index in [4.69, 9.17) is 19.5 Å². The zero-order chi connectivity index (χ0) is 19.2. The van der Waals surface area contributed by atoms with Crippen molar-refractivity contribution < 1.29 is 19.3 Å². The lowest BCUT2D eigenvalue weighted by Gasteiger charge is -2.42. The molecule has 2 unspecified atom stereocenters. The van der Waals surface area contributed by atoms with Crippen molar-refractivity contribution in [2.45, 2.75) is 64.6 Å². The zero-order valence-electron chi connectivity index (χ0n) is 16.1. The van der Waals surface area contributed by atoms with Crippen molar-refractivity contribution in [3.63, 3.8) is 0 Å². The summed E-state index contributed by atoms with van der Waals surface area (Å²) >= 11 is 0. The van der Waals surface area contributed by atoms with Crippen LogP contribution in [0.4, 0.5) is 0 Å². The van der Waals surface area contributed by atoms with Crippen molar-refractivity contribution in [2.75, 3.05) is 19.8 Å². The lowest BCUT2D eigenvalue weighted by molar-refractivity contribution is -0.140. The first-order valence-electron chi connectivity index (χ1n) is 9.30. The summed E-state index contributed by atoms with van der Waals surface area (Å²) in [6, 6.07) is 7.18. The van der Waals surface area contributed by atoms with Gasteiger partial charge in [0.15, 0.2) is 6.29 Å². The Morgan fingerprint density at radius 1 is 1.31 bits per heavy atom. The SMILES string of the molecule is CCOC(CCCNC1c2cc(C#N)ccc2OC(C)(C)C1O)OCC. The number of hydrogen-bond acceptors (Lipinski definition) is 6. The minimum Gasteiger partial charge on any atom is -0.485 e. The summed E-state index contributed by atoms with van der Waals surface area (Å²) in [7, 11) is 0. The van der Waals surface area contributed by atoms with Gasteiger partial charge in [-0.3, -0.25) is 0 Å². The number of aliphatic hydroxyl groups is 1. The molecule has 1 aliphatic rings. The summed E-state index contributed by atoms with van der Waals surface area (Å²) in [6.45, 7) is 9.58. The largest absolute Gasteiger partial charge is 0.485 e. The number of hydrogen-bond donors (Lipinski definition) is 2. The van der Waals surface area contributed by atoms with Crippen LogP contribution in [0.15, 0.2) is 18.2 Å². The summed E-state index contributed by atoms with van der Waals surface area (Å²) in [5.41, 5.74) is 0.665. The zero-order valence-corrected chi connectivity index (χ0v) is 16.1. The fourth-order valence-corrected chi connectivity index (χ4v) is 3.20. The van der Waals surface area contributed by atoms with Crippen LogP contribution in [-0.2, 0) is 9.47 Å². The number of nitrogens with one attached hydrogen (secondary N) is 1. The third-order valence-corrected chi connectivity index (χ3v) is 4.56. The van der Waals surface area contributed by atoms with Crippen molar-refractivity contribution in [2.24, 2.45) is 0 Å². The molecule has 0 bridgehead atoms. The second-order valence-electron chi connectivity index (χ2n) is 6.93. The molecular formula is C20H30N2O4. The van der Waals surface area contributed by atoms with E-state index in [1.165, 1.54) is 0 Å². The number of fused-ring (bicyclic) bond motifs is 1.